The number of nitrogens with zero attached hydrogens (tertiary/aromatic N) is 3. The Morgan fingerprint density at radius 1 is 1.44 bits per heavy atom. The molecule has 0 aromatic carbocycles. The van der Waals surface area contributed by atoms with Crippen LogP contribution >= 0.6 is 11.6 Å². The van der Waals surface area contributed by atoms with Crippen LogP contribution in [0.4, 0.5) is 11.5 Å². The molecular formula is C8H11ClN4O3. The summed E-state index contributed by atoms with van der Waals surface area (Å²) in [5.41, 5.74) is 5.65. The zero-order valence-electron chi connectivity index (χ0n) is 9.02. The van der Waals surface area contributed by atoms with Crippen molar-refractivity contribution in [3.63, 3.8) is 0 Å². The van der Waals surface area contributed by atoms with Crippen molar-refractivity contribution in [1.82, 2.24) is 9.97 Å². The number of rotatable bonds is 3. The number of nitrogens with two attached hydrogens (primary N) is 1. The fourth-order valence-corrected chi connectivity index (χ4v) is 1.17. The molecule has 0 aliphatic carbocycles. The van der Waals surface area contributed by atoms with Gasteiger partial charge in [-0.05, 0) is 11.6 Å². The molecule has 0 saturated heterocycles. The van der Waals surface area contributed by atoms with Gasteiger partial charge in [-0.25, -0.2) is 14.8 Å². The van der Waals surface area contributed by atoms with Crippen molar-refractivity contribution in [3.05, 3.63) is 11.0 Å². The number of nitrogen functional groups attached to an aromatic ring is 1. The lowest BCUT2D eigenvalue weighted by Crippen LogP contribution is -2.21. The molecule has 2 N–H and O–H groups in total. The topological polar surface area (TPSA) is 90.6 Å². The molecule has 1 aromatic rings. The van der Waals surface area contributed by atoms with Crippen LogP contribution in [-0.4, -0.2) is 37.2 Å². The second-order valence-electron chi connectivity index (χ2n) is 2.75. The highest BCUT2D eigenvalue weighted by molar-refractivity contribution is 6.28. The Hall–Kier alpha value is -1.60. The largest absolute Gasteiger partial charge is 0.464 e. The molecule has 0 aliphatic rings. The van der Waals surface area contributed by atoms with Gasteiger partial charge in [0, 0.05) is 7.05 Å². The average molecular weight is 247 g/mol. The van der Waals surface area contributed by atoms with Crippen LogP contribution in [0.1, 0.15) is 10.5 Å². The van der Waals surface area contributed by atoms with Crippen molar-refractivity contribution in [3.8, 4) is 0 Å². The summed E-state index contributed by atoms with van der Waals surface area (Å²) in [7, 11) is 4.21. The molecule has 0 amide bonds. The second-order valence-corrected chi connectivity index (χ2v) is 3.09. The Morgan fingerprint density at radius 3 is 2.56 bits per heavy atom. The monoisotopic (exact) mass is 246 g/mol. The minimum absolute atomic E-state index is 0.0422. The second kappa shape index (κ2) is 4.95. The van der Waals surface area contributed by atoms with Crippen LogP contribution in [0.3, 0.4) is 0 Å². The van der Waals surface area contributed by atoms with E-state index in [4.69, 9.17) is 22.2 Å². The van der Waals surface area contributed by atoms with Gasteiger partial charge in [-0.1, -0.05) is 0 Å². The van der Waals surface area contributed by atoms with Gasteiger partial charge in [-0.15, -0.1) is 0 Å². The van der Waals surface area contributed by atoms with E-state index >= 15 is 0 Å². The fraction of sp³-hybridized carbons (Fsp3) is 0.375. The maximum absolute atomic E-state index is 11.3. The van der Waals surface area contributed by atoms with Gasteiger partial charge in [-0.2, -0.15) is 4.98 Å². The van der Waals surface area contributed by atoms with E-state index in [1.165, 1.54) is 19.3 Å². The molecule has 0 spiro atoms. The highest BCUT2D eigenvalue weighted by atomic mass is 35.5. The van der Waals surface area contributed by atoms with Gasteiger partial charge in [0.25, 0.3) is 0 Å². The summed E-state index contributed by atoms with van der Waals surface area (Å²) in [4.78, 5) is 23.8. The number of aromatic nitrogens is 2. The van der Waals surface area contributed by atoms with E-state index in [0.717, 1.165) is 0 Å². The van der Waals surface area contributed by atoms with Crippen LogP contribution in [0.5, 0.6) is 0 Å². The van der Waals surface area contributed by atoms with Gasteiger partial charge in [0.15, 0.2) is 11.5 Å². The first-order valence-corrected chi connectivity index (χ1v) is 4.58. The number of carbonyl (C=O) groups is 1. The number of anilines is 2. The highest BCUT2D eigenvalue weighted by Crippen LogP contribution is 2.24. The first kappa shape index (κ1) is 12.5. The Labute approximate surface area is 97.1 Å². The van der Waals surface area contributed by atoms with Crippen LogP contribution in [-0.2, 0) is 9.57 Å². The third kappa shape index (κ3) is 2.31. The molecule has 0 radical (unpaired) electrons. The number of ether oxygens (including phenoxy) is 1. The molecule has 7 nitrogen and oxygen atoms in total. The maximum Gasteiger partial charge on any atom is 0.359 e. The fourth-order valence-electron chi connectivity index (χ4n) is 1.01. The van der Waals surface area contributed by atoms with Gasteiger partial charge in [-0.3, -0.25) is 4.84 Å². The molecule has 1 heterocycles. The molecule has 16 heavy (non-hydrogen) atoms. The molecule has 0 atom stereocenters. The van der Waals surface area contributed by atoms with E-state index in [0.29, 0.717) is 0 Å². The number of halogens is 1. The number of methoxy groups -OCH3 is 1. The molecular weight excluding hydrogens is 236 g/mol. The van der Waals surface area contributed by atoms with Crippen LogP contribution in [0.25, 0.3) is 0 Å². The molecule has 0 bridgehead atoms. The van der Waals surface area contributed by atoms with Crippen LogP contribution < -0.4 is 10.8 Å². The lowest BCUT2D eigenvalue weighted by Gasteiger charge is -2.17. The maximum atomic E-state index is 11.3. The molecule has 0 fully saturated rings. The van der Waals surface area contributed by atoms with E-state index in [9.17, 15) is 4.79 Å². The van der Waals surface area contributed by atoms with Gasteiger partial charge in [0.1, 0.15) is 5.69 Å². The number of hydrogen-bond donors (Lipinski definition) is 1. The van der Waals surface area contributed by atoms with E-state index in [1.807, 2.05) is 0 Å². The van der Waals surface area contributed by atoms with Crippen LogP contribution in [0.15, 0.2) is 0 Å². The van der Waals surface area contributed by atoms with Crippen molar-refractivity contribution in [2.24, 2.45) is 0 Å². The van der Waals surface area contributed by atoms with Gasteiger partial charge in [0.2, 0.25) is 5.28 Å². The van der Waals surface area contributed by atoms with E-state index < -0.39 is 5.97 Å². The van der Waals surface area contributed by atoms with Crippen molar-refractivity contribution >= 4 is 29.1 Å². The normalized spacial score (nSPS) is 10.0. The zero-order chi connectivity index (χ0) is 12.3. The Balaban J connectivity index is 3.31. The highest BCUT2D eigenvalue weighted by Gasteiger charge is 2.20. The molecule has 0 unspecified atom stereocenters. The minimum Gasteiger partial charge on any atom is -0.464 e. The van der Waals surface area contributed by atoms with E-state index in [2.05, 4.69) is 14.7 Å². The molecule has 88 valence electrons. The third-order valence-corrected chi connectivity index (χ3v) is 2.02. The van der Waals surface area contributed by atoms with Crippen molar-refractivity contribution in [2.45, 2.75) is 0 Å². The summed E-state index contributed by atoms with van der Waals surface area (Å²) < 4.78 is 4.51. The lowest BCUT2D eigenvalue weighted by molar-refractivity contribution is 0.0595. The summed E-state index contributed by atoms with van der Waals surface area (Å²) in [5.74, 6) is -0.490. The SMILES string of the molecule is COC(=O)c1nc(Cl)nc(N(C)OC)c1N. The average Bonchev–Trinajstić information content (AvgIpc) is 2.29. The summed E-state index contributed by atoms with van der Waals surface area (Å²) in [5, 5.41) is 1.14. The predicted octanol–water partition coefficient (Wildman–Crippen LogP) is 0.496. The number of carbonyl (C=O) groups excluding carboxylic acids is 1. The van der Waals surface area contributed by atoms with Crippen LogP contribution in [0.2, 0.25) is 5.28 Å². The summed E-state index contributed by atoms with van der Waals surface area (Å²) in [6, 6.07) is 0. The van der Waals surface area contributed by atoms with Crippen LogP contribution in [0, 0.1) is 0 Å². The lowest BCUT2D eigenvalue weighted by atomic mass is 10.3. The standard InChI is InChI=1S/C8H11ClN4O3/c1-13(16-3)6-4(10)5(7(14)15-2)11-8(9)12-6/h10H2,1-3H3. The smallest absolute Gasteiger partial charge is 0.359 e. The summed E-state index contributed by atoms with van der Waals surface area (Å²) in [6.45, 7) is 0. The summed E-state index contributed by atoms with van der Waals surface area (Å²) in [6.07, 6.45) is 0. The van der Waals surface area contributed by atoms with E-state index in [-0.39, 0.29) is 22.5 Å². The third-order valence-electron chi connectivity index (χ3n) is 1.85. The Bertz CT molecular complexity index is 413. The first-order valence-electron chi connectivity index (χ1n) is 4.20. The Morgan fingerprint density at radius 2 is 2.06 bits per heavy atom. The molecule has 0 aliphatic heterocycles. The molecule has 1 rings (SSSR count). The van der Waals surface area contributed by atoms with Crippen molar-refractivity contribution in [1.29, 1.82) is 0 Å². The number of hydroxylamine groups is 1. The quantitative estimate of drug-likeness (QED) is 0.472. The summed E-state index contributed by atoms with van der Waals surface area (Å²) >= 11 is 5.66. The molecule has 0 saturated carbocycles. The Kier molecular flexibility index (Phi) is 3.86. The minimum atomic E-state index is -0.687. The molecule has 8 heteroatoms. The van der Waals surface area contributed by atoms with Gasteiger partial charge in [0.05, 0.1) is 14.2 Å². The van der Waals surface area contributed by atoms with E-state index in [1.54, 1.807) is 7.05 Å². The first-order chi connectivity index (χ1) is 7.51. The number of esters is 1. The van der Waals surface area contributed by atoms with Gasteiger partial charge >= 0.3 is 5.97 Å². The zero-order valence-corrected chi connectivity index (χ0v) is 9.78. The predicted molar refractivity (Wildman–Crippen MR) is 58.2 cm³/mol. The molecule has 1 aromatic heterocycles. The van der Waals surface area contributed by atoms with Crippen molar-refractivity contribution in [2.75, 3.05) is 32.1 Å². The van der Waals surface area contributed by atoms with Crippen molar-refractivity contribution < 1.29 is 14.4 Å². The number of hydrogen-bond acceptors (Lipinski definition) is 7. The van der Waals surface area contributed by atoms with Gasteiger partial charge < -0.3 is 10.5 Å².